The van der Waals surface area contributed by atoms with E-state index < -0.39 is 0 Å². The van der Waals surface area contributed by atoms with E-state index in [0.717, 1.165) is 24.6 Å². The summed E-state index contributed by atoms with van der Waals surface area (Å²) in [6, 6.07) is -0.0774. The third kappa shape index (κ3) is 4.06. The number of ether oxygens (including phenoxy) is 2. The third-order valence-electron chi connectivity index (χ3n) is 4.16. The first-order valence-electron chi connectivity index (χ1n) is 8.09. The molecule has 2 unspecified atom stereocenters. The van der Waals surface area contributed by atoms with Crippen molar-refractivity contribution in [1.29, 1.82) is 0 Å². The Morgan fingerprint density at radius 2 is 2.32 bits per heavy atom. The summed E-state index contributed by atoms with van der Waals surface area (Å²) in [5.74, 6) is 0.949. The summed E-state index contributed by atoms with van der Waals surface area (Å²) in [6.45, 7) is 6.19. The molecule has 5 nitrogen and oxygen atoms in total. The molecule has 1 aliphatic carbocycles. The molecule has 2 heterocycles. The van der Waals surface area contributed by atoms with Crippen molar-refractivity contribution >= 4 is 17.2 Å². The fourth-order valence-corrected chi connectivity index (χ4v) is 3.36. The van der Waals surface area contributed by atoms with E-state index >= 15 is 0 Å². The molecule has 3 rings (SSSR count). The first kappa shape index (κ1) is 15.9. The number of rotatable bonds is 6. The Balaban J connectivity index is 1.57. The molecule has 0 bridgehead atoms. The van der Waals surface area contributed by atoms with Gasteiger partial charge >= 0.3 is 0 Å². The lowest BCUT2D eigenvalue weighted by Crippen LogP contribution is -2.50. The molecule has 1 amide bonds. The summed E-state index contributed by atoms with van der Waals surface area (Å²) in [4.78, 5) is 16.8. The number of hydrogen-bond donors (Lipinski definition) is 1. The smallest absolute Gasteiger partial charge is 0.280 e. The topological polar surface area (TPSA) is 60.5 Å². The summed E-state index contributed by atoms with van der Waals surface area (Å²) in [7, 11) is 0. The minimum absolute atomic E-state index is 0.0582. The van der Waals surface area contributed by atoms with Crippen molar-refractivity contribution < 1.29 is 14.3 Å². The minimum atomic E-state index is -0.118. The Hall–Kier alpha value is -0.980. The lowest BCUT2D eigenvalue weighted by molar-refractivity contribution is -0.0567. The molecule has 2 fully saturated rings. The molecule has 1 saturated carbocycles. The number of hydrogen-bond acceptors (Lipinski definition) is 5. The summed E-state index contributed by atoms with van der Waals surface area (Å²) < 4.78 is 11.5. The molecule has 0 spiro atoms. The molecule has 22 heavy (non-hydrogen) atoms. The maximum absolute atomic E-state index is 12.4. The predicted octanol–water partition coefficient (Wildman–Crippen LogP) is 2.58. The van der Waals surface area contributed by atoms with Gasteiger partial charge < -0.3 is 14.8 Å². The molecule has 1 saturated heterocycles. The number of thiazole rings is 1. The zero-order chi connectivity index (χ0) is 15.5. The third-order valence-corrected chi connectivity index (χ3v) is 5.02. The van der Waals surface area contributed by atoms with Crippen LogP contribution < -0.4 is 5.32 Å². The van der Waals surface area contributed by atoms with Gasteiger partial charge in [0, 0.05) is 18.6 Å². The van der Waals surface area contributed by atoms with E-state index in [1.165, 1.54) is 24.2 Å². The molecule has 2 atom stereocenters. The summed E-state index contributed by atoms with van der Waals surface area (Å²) in [5.41, 5.74) is 0.969. The molecule has 1 N–H and O–H groups in total. The van der Waals surface area contributed by atoms with E-state index in [4.69, 9.17) is 9.47 Å². The molecular formula is C16H24N2O3S. The predicted molar refractivity (Wildman–Crippen MR) is 85.4 cm³/mol. The largest absolute Gasteiger partial charge is 0.379 e. The van der Waals surface area contributed by atoms with Crippen molar-refractivity contribution in [2.75, 3.05) is 19.8 Å². The highest BCUT2D eigenvalue weighted by Crippen LogP contribution is 2.30. The fraction of sp³-hybridized carbons (Fsp3) is 0.750. The number of aromatic nitrogens is 1. The van der Waals surface area contributed by atoms with Crippen LogP contribution in [0.1, 0.15) is 54.5 Å². The van der Waals surface area contributed by atoms with Crippen LogP contribution in [0.2, 0.25) is 0 Å². The van der Waals surface area contributed by atoms with Gasteiger partial charge in [0.15, 0.2) is 5.01 Å². The first-order chi connectivity index (χ1) is 10.6. The molecule has 1 aliphatic heterocycles. The van der Waals surface area contributed by atoms with Crippen molar-refractivity contribution in [3.05, 3.63) is 16.1 Å². The molecule has 122 valence electrons. The van der Waals surface area contributed by atoms with Crippen molar-refractivity contribution in [3.63, 3.8) is 0 Å². The minimum Gasteiger partial charge on any atom is -0.379 e. The Morgan fingerprint density at radius 1 is 1.50 bits per heavy atom. The van der Waals surface area contributed by atoms with Crippen LogP contribution in [-0.2, 0) is 9.47 Å². The Kier molecular flexibility index (Phi) is 5.10. The van der Waals surface area contributed by atoms with E-state index in [-0.39, 0.29) is 18.1 Å². The number of carbonyl (C=O) groups excluding carboxylic acids is 1. The van der Waals surface area contributed by atoms with Gasteiger partial charge in [-0.3, -0.25) is 4.79 Å². The lowest BCUT2D eigenvalue weighted by atomic mass is 10.1. The lowest BCUT2D eigenvalue weighted by Gasteiger charge is -2.31. The quantitative estimate of drug-likeness (QED) is 0.874. The second-order valence-corrected chi connectivity index (χ2v) is 7.35. The number of nitrogens with zero attached hydrogens (tertiary/aromatic N) is 1. The van der Waals surface area contributed by atoms with E-state index in [1.54, 1.807) is 0 Å². The highest BCUT2D eigenvalue weighted by atomic mass is 32.1. The van der Waals surface area contributed by atoms with Crippen molar-refractivity contribution in [1.82, 2.24) is 10.3 Å². The van der Waals surface area contributed by atoms with Crippen LogP contribution in [0.5, 0.6) is 0 Å². The number of nitrogens with one attached hydrogen (secondary N) is 1. The zero-order valence-corrected chi connectivity index (χ0v) is 14.0. The normalized spacial score (nSPS) is 25.4. The molecule has 0 radical (unpaired) electrons. The summed E-state index contributed by atoms with van der Waals surface area (Å²) >= 11 is 1.40. The van der Waals surface area contributed by atoms with Crippen molar-refractivity contribution in [2.45, 2.75) is 51.2 Å². The van der Waals surface area contributed by atoms with Gasteiger partial charge in [-0.15, -0.1) is 11.3 Å². The van der Waals surface area contributed by atoms with E-state index in [0.29, 0.717) is 24.1 Å². The van der Waals surface area contributed by atoms with Crippen molar-refractivity contribution in [2.24, 2.45) is 5.92 Å². The molecule has 2 aliphatic rings. The maximum atomic E-state index is 12.4. The molecule has 6 heteroatoms. The van der Waals surface area contributed by atoms with E-state index in [1.807, 2.05) is 5.38 Å². The van der Waals surface area contributed by atoms with Gasteiger partial charge in [0.05, 0.1) is 24.4 Å². The zero-order valence-electron chi connectivity index (χ0n) is 13.2. The second kappa shape index (κ2) is 7.06. The van der Waals surface area contributed by atoms with Gasteiger partial charge in [-0.25, -0.2) is 4.98 Å². The van der Waals surface area contributed by atoms with Gasteiger partial charge in [-0.05, 0) is 31.1 Å². The van der Waals surface area contributed by atoms with Crippen LogP contribution in [0.25, 0.3) is 0 Å². The number of carbonyl (C=O) groups is 1. The second-order valence-electron chi connectivity index (χ2n) is 6.49. The van der Waals surface area contributed by atoms with Crippen LogP contribution in [0, 0.1) is 5.92 Å². The van der Waals surface area contributed by atoms with Gasteiger partial charge in [0.2, 0.25) is 0 Å². The molecule has 0 aromatic carbocycles. The highest BCUT2D eigenvalue weighted by molar-refractivity contribution is 7.11. The van der Waals surface area contributed by atoms with E-state index in [9.17, 15) is 4.79 Å². The number of amides is 1. The average molecular weight is 324 g/mol. The molecular weight excluding hydrogens is 300 g/mol. The van der Waals surface area contributed by atoms with Gasteiger partial charge in [0.25, 0.3) is 5.91 Å². The average Bonchev–Trinajstić information content (AvgIpc) is 3.19. The standard InChI is InChI=1S/C16H24N2O3S/c1-10(2)13-9-22-16(18-13)15(19)17-12-8-20-6-5-14(12)21-7-11-3-4-11/h9-12,14H,3-8H2,1-2H3,(H,17,19). The Bertz CT molecular complexity index is 513. The fourth-order valence-electron chi connectivity index (χ4n) is 2.48. The monoisotopic (exact) mass is 324 g/mol. The Labute approximate surface area is 135 Å². The van der Waals surface area contributed by atoms with Crippen molar-refractivity contribution in [3.8, 4) is 0 Å². The molecule has 1 aromatic rings. The van der Waals surface area contributed by atoms with E-state index in [2.05, 4.69) is 24.1 Å². The van der Waals surface area contributed by atoms with Gasteiger partial charge in [-0.2, -0.15) is 0 Å². The maximum Gasteiger partial charge on any atom is 0.280 e. The van der Waals surface area contributed by atoms with Crippen LogP contribution >= 0.6 is 11.3 Å². The van der Waals surface area contributed by atoms with Crippen LogP contribution in [0.4, 0.5) is 0 Å². The van der Waals surface area contributed by atoms with Gasteiger partial charge in [-0.1, -0.05) is 13.8 Å². The first-order valence-corrected chi connectivity index (χ1v) is 8.97. The SMILES string of the molecule is CC(C)c1csc(C(=O)NC2COCCC2OCC2CC2)n1. The van der Waals surface area contributed by atoms with Gasteiger partial charge in [0.1, 0.15) is 0 Å². The molecule has 1 aromatic heterocycles. The van der Waals surface area contributed by atoms with Crippen LogP contribution in [-0.4, -0.2) is 42.9 Å². The van der Waals surface area contributed by atoms with Crippen LogP contribution in [0.3, 0.4) is 0 Å². The Morgan fingerprint density at radius 3 is 3.00 bits per heavy atom. The summed E-state index contributed by atoms with van der Waals surface area (Å²) in [5, 5.41) is 5.52. The van der Waals surface area contributed by atoms with Crippen LogP contribution in [0.15, 0.2) is 5.38 Å². The summed E-state index contributed by atoms with van der Waals surface area (Å²) in [6.07, 6.45) is 3.45. The highest BCUT2D eigenvalue weighted by Gasteiger charge is 2.31.